The van der Waals surface area contributed by atoms with Gasteiger partial charge in [-0.05, 0) is 25.4 Å². The van der Waals surface area contributed by atoms with Crippen molar-refractivity contribution >= 4 is 17.7 Å². The van der Waals surface area contributed by atoms with E-state index in [1.165, 1.54) is 14.2 Å². The van der Waals surface area contributed by atoms with Crippen molar-refractivity contribution in [1.29, 1.82) is 0 Å². The fraction of sp³-hybridized carbons (Fsp3) is 0.900. The molecule has 0 aromatic carbocycles. The third-order valence-electron chi connectivity index (χ3n) is 2.21. The Bertz CT molecular complexity index is 201. The maximum absolute atomic E-state index is 11.6. The highest BCUT2D eigenvalue weighted by molar-refractivity contribution is 7.98. The van der Waals surface area contributed by atoms with Crippen LogP contribution in [0.2, 0.25) is 0 Å². The summed E-state index contributed by atoms with van der Waals surface area (Å²) in [6, 6.07) is -0.688. The predicted molar refractivity (Wildman–Crippen MR) is 66.4 cm³/mol. The lowest BCUT2D eigenvalue weighted by Crippen LogP contribution is -2.49. The smallest absolute Gasteiger partial charge is 0.237 e. The summed E-state index contributed by atoms with van der Waals surface area (Å²) in [6.45, 7) is 1.82. The number of ether oxygens (including phenoxy) is 2. The molecule has 2 atom stereocenters. The Hall–Kier alpha value is -0.300. The van der Waals surface area contributed by atoms with Crippen LogP contribution < -0.4 is 11.1 Å². The van der Waals surface area contributed by atoms with Crippen LogP contribution in [0.1, 0.15) is 13.3 Å². The van der Waals surface area contributed by atoms with Crippen molar-refractivity contribution in [1.82, 2.24) is 5.32 Å². The van der Waals surface area contributed by atoms with Gasteiger partial charge < -0.3 is 20.5 Å². The SMILES string of the molecule is COC(OC)C(C)NC(=O)[C@H](N)CCSC. The number of methoxy groups -OCH3 is 2. The normalized spacial score (nSPS) is 14.9. The fourth-order valence-corrected chi connectivity index (χ4v) is 1.77. The predicted octanol–water partition coefficient (Wildman–Crippen LogP) is 0.190. The number of hydrogen-bond donors (Lipinski definition) is 2. The molecular formula is C10H22N2O3S. The molecular weight excluding hydrogens is 228 g/mol. The molecule has 96 valence electrons. The van der Waals surface area contributed by atoms with Gasteiger partial charge in [0.1, 0.15) is 0 Å². The Labute approximate surface area is 101 Å². The van der Waals surface area contributed by atoms with Crippen LogP contribution in [0.4, 0.5) is 0 Å². The zero-order valence-electron chi connectivity index (χ0n) is 10.4. The quantitative estimate of drug-likeness (QED) is 0.602. The van der Waals surface area contributed by atoms with Gasteiger partial charge >= 0.3 is 0 Å². The minimum absolute atomic E-state index is 0.166. The zero-order valence-corrected chi connectivity index (χ0v) is 11.2. The molecule has 0 heterocycles. The van der Waals surface area contributed by atoms with Gasteiger partial charge in [0.15, 0.2) is 6.29 Å². The van der Waals surface area contributed by atoms with Gasteiger partial charge in [-0.25, -0.2) is 0 Å². The van der Waals surface area contributed by atoms with Crippen molar-refractivity contribution in [3.8, 4) is 0 Å². The molecule has 0 radical (unpaired) electrons. The summed E-state index contributed by atoms with van der Waals surface area (Å²) in [4.78, 5) is 11.6. The molecule has 0 aliphatic carbocycles. The van der Waals surface area contributed by atoms with Gasteiger partial charge in [-0.1, -0.05) is 0 Å². The van der Waals surface area contributed by atoms with Gasteiger partial charge in [-0.15, -0.1) is 0 Å². The first-order valence-electron chi connectivity index (χ1n) is 5.17. The number of rotatable bonds is 8. The first-order chi connectivity index (χ1) is 7.56. The second-order valence-electron chi connectivity index (χ2n) is 3.53. The number of hydrogen-bond acceptors (Lipinski definition) is 5. The summed E-state index contributed by atoms with van der Waals surface area (Å²) >= 11 is 1.67. The Morgan fingerprint density at radius 1 is 1.44 bits per heavy atom. The minimum atomic E-state index is -0.468. The molecule has 5 nitrogen and oxygen atoms in total. The molecule has 0 bridgehead atoms. The lowest BCUT2D eigenvalue weighted by Gasteiger charge is -2.23. The Morgan fingerprint density at radius 2 is 2.00 bits per heavy atom. The molecule has 0 aromatic heterocycles. The van der Waals surface area contributed by atoms with Crippen LogP contribution in [0, 0.1) is 0 Å². The maximum Gasteiger partial charge on any atom is 0.237 e. The molecule has 0 rings (SSSR count). The largest absolute Gasteiger partial charge is 0.354 e. The van der Waals surface area contributed by atoms with Crippen molar-refractivity contribution in [3.05, 3.63) is 0 Å². The van der Waals surface area contributed by atoms with Crippen LogP contribution in [0.15, 0.2) is 0 Å². The van der Waals surface area contributed by atoms with Crippen LogP contribution in [0.25, 0.3) is 0 Å². The standard InChI is InChI=1S/C10H22N2O3S/c1-7(10(14-2)15-3)12-9(13)8(11)5-6-16-4/h7-8,10H,5-6,11H2,1-4H3,(H,12,13)/t7?,8-/m1/s1. The highest BCUT2D eigenvalue weighted by atomic mass is 32.2. The Kier molecular flexibility index (Phi) is 8.64. The van der Waals surface area contributed by atoms with Gasteiger partial charge in [-0.2, -0.15) is 11.8 Å². The van der Waals surface area contributed by atoms with Crippen LogP contribution in [-0.2, 0) is 14.3 Å². The summed E-state index contributed by atoms with van der Waals surface area (Å²) < 4.78 is 10.1. The van der Waals surface area contributed by atoms with E-state index in [1.807, 2.05) is 13.2 Å². The number of amides is 1. The average Bonchev–Trinajstić information content (AvgIpc) is 2.27. The molecule has 0 fully saturated rings. The van der Waals surface area contributed by atoms with Gasteiger partial charge in [0.25, 0.3) is 0 Å². The summed E-state index contributed by atoms with van der Waals surface area (Å²) in [5, 5.41) is 2.77. The molecule has 16 heavy (non-hydrogen) atoms. The molecule has 6 heteroatoms. The first kappa shape index (κ1) is 15.7. The van der Waals surface area contributed by atoms with Crippen LogP contribution in [-0.4, -0.2) is 50.5 Å². The van der Waals surface area contributed by atoms with Crippen LogP contribution >= 0.6 is 11.8 Å². The molecule has 0 saturated carbocycles. The van der Waals surface area contributed by atoms with Gasteiger partial charge in [-0.3, -0.25) is 4.79 Å². The summed E-state index contributed by atoms with van der Waals surface area (Å²) in [5.41, 5.74) is 5.73. The van der Waals surface area contributed by atoms with Gasteiger partial charge in [0.2, 0.25) is 5.91 Å². The number of thioether (sulfide) groups is 1. The summed E-state index contributed by atoms with van der Waals surface area (Å²) in [6.07, 6.45) is 2.21. The number of nitrogens with one attached hydrogen (secondary N) is 1. The Balaban J connectivity index is 4.01. The van der Waals surface area contributed by atoms with E-state index in [1.54, 1.807) is 11.8 Å². The van der Waals surface area contributed by atoms with Crippen LogP contribution in [0.5, 0.6) is 0 Å². The van der Waals surface area contributed by atoms with E-state index in [-0.39, 0.29) is 11.9 Å². The molecule has 1 amide bonds. The molecule has 3 N–H and O–H groups in total. The number of nitrogens with two attached hydrogens (primary N) is 1. The number of carbonyl (C=O) groups is 1. The third kappa shape index (κ3) is 5.69. The van der Waals surface area contributed by atoms with E-state index in [2.05, 4.69) is 5.32 Å². The molecule has 0 aliphatic heterocycles. The minimum Gasteiger partial charge on any atom is -0.354 e. The van der Waals surface area contributed by atoms with E-state index in [0.29, 0.717) is 6.42 Å². The van der Waals surface area contributed by atoms with E-state index in [0.717, 1.165) is 5.75 Å². The Morgan fingerprint density at radius 3 is 2.44 bits per heavy atom. The van der Waals surface area contributed by atoms with Crippen molar-refractivity contribution in [2.45, 2.75) is 31.7 Å². The topological polar surface area (TPSA) is 73.6 Å². The van der Waals surface area contributed by atoms with Crippen molar-refractivity contribution in [2.24, 2.45) is 5.73 Å². The maximum atomic E-state index is 11.6. The summed E-state index contributed by atoms with van der Waals surface area (Å²) in [7, 11) is 3.06. The molecule has 1 unspecified atom stereocenters. The monoisotopic (exact) mass is 250 g/mol. The summed E-state index contributed by atoms with van der Waals surface area (Å²) in [5.74, 6) is 0.710. The van der Waals surface area contributed by atoms with E-state index < -0.39 is 12.3 Å². The first-order valence-corrected chi connectivity index (χ1v) is 6.56. The van der Waals surface area contributed by atoms with Gasteiger partial charge in [0.05, 0.1) is 12.1 Å². The van der Waals surface area contributed by atoms with Gasteiger partial charge in [0, 0.05) is 14.2 Å². The molecule has 0 spiro atoms. The van der Waals surface area contributed by atoms with Crippen molar-refractivity contribution in [2.75, 3.05) is 26.2 Å². The van der Waals surface area contributed by atoms with E-state index in [4.69, 9.17) is 15.2 Å². The molecule has 0 saturated heterocycles. The third-order valence-corrected chi connectivity index (χ3v) is 2.86. The molecule has 0 aromatic rings. The number of carbonyl (C=O) groups excluding carboxylic acids is 1. The molecule has 0 aliphatic rings. The van der Waals surface area contributed by atoms with Crippen molar-refractivity contribution < 1.29 is 14.3 Å². The second-order valence-corrected chi connectivity index (χ2v) is 4.51. The lowest BCUT2D eigenvalue weighted by molar-refractivity contribution is -0.136. The fourth-order valence-electron chi connectivity index (χ4n) is 1.28. The average molecular weight is 250 g/mol. The van der Waals surface area contributed by atoms with Crippen molar-refractivity contribution in [3.63, 3.8) is 0 Å². The highest BCUT2D eigenvalue weighted by Gasteiger charge is 2.21. The lowest BCUT2D eigenvalue weighted by atomic mass is 10.2. The zero-order chi connectivity index (χ0) is 12.6. The van der Waals surface area contributed by atoms with E-state index >= 15 is 0 Å². The highest BCUT2D eigenvalue weighted by Crippen LogP contribution is 2.02. The second kappa shape index (κ2) is 8.81. The van der Waals surface area contributed by atoms with Crippen LogP contribution in [0.3, 0.4) is 0 Å². The van der Waals surface area contributed by atoms with E-state index in [9.17, 15) is 4.79 Å².